The van der Waals surface area contributed by atoms with E-state index in [0.29, 0.717) is 29.3 Å². The van der Waals surface area contributed by atoms with Crippen molar-refractivity contribution >= 4 is 52.3 Å². The predicted octanol–water partition coefficient (Wildman–Crippen LogP) is 5.49. The number of ether oxygens (including phenoxy) is 1. The standard InChI is InChI=1S/C21H18Cl3NO4/c1-3-8-25-18(11-4-6-15(23)16(24)9-11)17(20(27)21(25)28)19(26)13-10-12(29-2)5-7-14(13)22/h4-7,9-10,18,26H,3,8H2,1-2H3/b19-17+. The molecule has 1 saturated heterocycles. The highest BCUT2D eigenvalue weighted by Gasteiger charge is 2.46. The summed E-state index contributed by atoms with van der Waals surface area (Å²) in [6, 6.07) is 8.72. The summed E-state index contributed by atoms with van der Waals surface area (Å²) in [5.74, 6) is -1.40. The largest absolute Gasteiger partial charge is 0.507 e. The van der Waals surface area contributed by atoms with Gasteiger partial charge in [-0.15, -0.1) is 0 Å². The number of hydrogen-bond acceptors (Lipinski definition) is 4. The Bertz CT molecular complexity index is 1020. The van der Waals surface area contributed by atoms with Gasteiger partial charge in [0.25, 0.3) is 11.7 Å². The van der Waals surface area contributed by atoms with Crippen LogP contribution in [0.25, 0.3) is 5.76 Å². The lowest BCUT2D eigenvalue weighted by Crippen LogP contribution is -2.30. The molecule has 1 heterocycles. The summed E-state index contributed by atoms with van der Waals surface area (Å²) in [5, 5.41) is 11.9. The number of carbonyl (C=O) groups is 2. The van der Waals surface area contributed by atoms with Gasteiger partial charge in [0.05, 0.1) is 33.8 Å². The van der Waals surface area contributed by atoms with E-state index < -0.39 is 17.7 Å². The molecule has 2 aromatic carbocycles. The number of ketones is 1. The molecule has 0 spiro atoms. The Hall–Kier alpha value is -2.21. The van der Waals surface area contributed by atoms with Crippen LogP contribution in [-0.2, 0) is 9.59 Å². The van der Waals surface area contributed by atoms with Crippen molar-refractivity contribution < 1.29 is 19.4 Å². The quantitative estimate of drug-likeness (QED) is 0.369. The molecule has 29 heavy (non-hydrogen) atoms. The van der Waals surface area contributed by atoms with Crippen LogP contribution in [0, 0.1) is 0 Å². The molecule has 0 aromatic heterocycles. The van der Waals surface area contributed by atoms with Crippen LogP contribution >= 0.6 is 34.8 Å². The van der Waals surface area contributed by atoms with Gasteiger partial charge in [0.15, 0.2) is 0 Å². The zero-order chi connectivity index (χ0) is 21.3. The second-order valence-corrected chi connectivity index (χ2v) is 7.73. The highest BCUT2D eigenvalue weighted by atomic mass is 35.5. The highest BCUT2D eigenvalue weighted by Crippen LogP contribution is 2.42. The number of amides is 1. The van der Waals surface area contributed by atoms with E-state index in [4.69, 9.17) is 39.5 Å². The number of hydrogen-bond donors (Lipinski definition) is 1. The molecule has 0 saturated carbocycles. The van der Waals surface area contributed by atoms with Gasteiger partial charge in [-0.3, -0.25) is 9.59 Å². The Balaban J connectivity index is 2.25. The van der Waals surface area contributed by atoms with Gasteiger partial charge in [-0.25, -0.2) is 0 Å². The molecule has 0 radical (unpaired) electrons. The van der Waals surface area contributed by atoms with Crippen molar-refractivity contribution in [3.63, 3.8) is 0 Å². The molecular formula is C21H18Cl3NO4. The highest BCUT2D eigenvalue weighted by molar-refractivity contribution is 6.47. The fraction of sp³-hybridized carbons (Fsp3) is 0.238. The van der Waals surface area contributed by atoms with E-state index in [1.54, 1.807) is 30.3 Å². The number of benzene rings is 2. The predicted molar refractivity (Wildman–Crippen MR) is 114 cm³/mol. The van der Waals surface area contributed by atoms with Crippen LogP contribution < -0.4 is 4.74 Å². The Morgan fingerprint density at radius 1 is 1.07 bits per heavy atom. The second kappa shape index (κ2) is 8.66. The number of aliphatic hydroxyl groups excluding tert-OH is 1. The SMILES string of the molecule is CCCN1C(=O)C(=O)/C(=C(/O)c2cc(OC)ccc2Cl)C1c1ccc(Cl)c(Cl)c1. The van der Waals surface area contributed by atoms with Gasteiger partial charge in [0.2, 0.25) is 0 Å². The molecule has 1 N–H and O–H groups in total. The number of likely N-dealkylation sites (tertiary alicyclic amines) is 1. The van der Waals surface area contributed by atoms with Gasteiger partial charge in [-0.1, -0.05) is 47.8 Å². The summed E-state index contributed by atoms with van der Waals surface area (Å²) in [6.45, 7) is 2.22. The third kappa shape index (κ3) is 3.95. The van der Waals surface area contributed by atoms with Crippen LogP contribution in [0.2, 0.25) is 15.1 Å². The fourth-order valence-electron chi connectivity index (χ4n) is 3.34. The van der Waals surface area contributed by atoms with E-state index in [1.165, 1.54) is 18.1 Å². The molecule has 1 aliphatic rings. The second-order valence-electron chi connectivity index (χ2n) is 6.51. The molecule has 3 rings (SSSR count). The number of methoxy groups -OCH3 is 1. The first-order chi connectivity index (χ1) is 13.8. The maximum absolute atomic E-state index is 12.9. The smallest absolute Gasteiger partial charge is 0.295 e. The van der Waals surface area contributed by atoms with Gasteiger partial charge in [-0.05, 0) is 42.3 Å². The van der Waals surface area contributed by atoms with E-state index in [0.717, 1.165) is 0 Å². The van der Waals surface area contributed by atoms with Crippen LogP contribution in [0.15, 0.2) is 42.0 Å². The Labute approximate surface area is 183 Å². The summed E-state index contributed by atoms with van der Waals surface area (Å²) < 4.78 is 5.18. The van der Waals surface area contributed by atoms with E-state index in [2.05, 4.69) is 0 Å². The Morgan fingerprint density at radius 3 is 2.38 bits per heavy atom. The van der Waals surface area contributed by atoms with Gasteiger partial charge >= 0.3 is 0 Å². The Kier molecular flexibility index (Phi) is 6.42. The Morgan fingerprint density at radius 2 is 1.76 bits per heavy atom. The van der Waals surface area contributed by atoms with Crippen molar-refractivity contribution in [2.75, 3.05) is 13.7 Å². The molecule has 1 unspecified atom stereocenters. The third-order valence-electron chi connectivity index (χ3n) is 4.69. The lowest BCUT2D eigenvalue weighted by atomic mass is 9.95. The van der Waals surface area contributed by atoms with E-state index in [9.17, 15) is 14.7 Å². The molecule has 8 heteroatoms. The first-order valence-corrected chi connectivity index (χ1v) is 10.0. The van der Waals surface area contributed by atoms with E-state index in [-0.39, 0.29) is 26.9 Å². The number of rotatable bonds is 5. The zero-order valence-electron chi connectivity index (χ0n) is 15.7. The van der Waals surface area contributed by atoms with Crippen molar-refractivity contribution in [1.29, 1.82) is 0 Å². The fourth-order valence-corrected chi connectivity index (χ4v) is 3.85. The number of Topliss-reactive ketones (excluding diaryl/α,β-unsaturated/α-hetero) is 1. The van der Waals surface area contributed by atoms with Crippen LogP contribution in [0.5, 0.6) is 5.75 Å². The maximum Gasteiger partial charge on any atom is 0.295 e. The minimum Gasteiger partial charge on any atom is -0.507 e. The van der Waals surface area contributed by atoms with Crippen molar-refractivity contribution in [2.45, 2.75) is 19.4 Å². The van der Waals surface area contributed by atoms with Crippen LogP contribution in [0.1, 0.15) is 30.5 Å². The van der Waals surface area contributed by atoms with Gasteiger partial charge in [0, 0.05) is 12.1 Å². The topological polar surface area (TPSA) is 66.8 Å². The molecular weight excluding hydrogens is 437 g/mol. The number of nitrogens with zero attached hydrogens (tertiary/aromatic N) is 1. The monoisotopic (exact) mass is 453 g/mol. The lowest BCUT2D eigenvalue weighted by molar-refractivity contribution is -0.139. The van der Waals surface area contributed by atoms with Crippen molar-refractivity contribution in [2.24, 2.45) is 0 Å². The maximum atomic E-state index is 12.9. The molecule has 5 nitrogen and oxygen atoms in total. The molecule has 0 aliphatic carbocycles. The molecule has 1 fully saturated rings. The average molecular weight is 455 g/mol. The van der Waals surface area contributed by atoms with Gasteiger partial charge in [0.1, 0.15) is 11.5 Å². The van der Waals surface area contributed by atoms with E-state index in [1.807, 2.05) is 6.92 Å². The molecule has 152 valence electrons. The van der Waals surface area contributed by atoms with E-state index >= 15 is 0 Å². The van der Waals surface area contributed by atoms with Gasteiger partial charge in [-0.2, -0.15) is 0 Å². The summed E-state index contributed by atoms with van der Waals surface area (Å²) in [5.41, 5.74) is 0.704. The summed E-state index contributed by atoms with van der Waals surface area (Å²) in [6.07, 6.45) is 0.630. The first-order valence-electron chi connectivity index (χ1n) is 8.87. The minimum absolute atomic E-state index is 0.0583. The molecule has 1 atom stereocenters. The van der Waals surface area contributed by atoms with Crippen LogP contribution in [0.4, 0.5) is 0 Å². The van der Waals surface area contributed by atoms with Crippen molar-refractivity contribution in [1.82, 2.24) is 4.90 Å². The summed E-state index contributed by atoms with van der Waals surface area (Å²) in [7, 11) is 1.48. The normalized spacial score (nSPS) is 18.4. The minimum atomic E-state index is -0.813. The van der Waals surface area contributed by atoms with Crippen LogP contribution in [-0.4, -0.2) is 35.4 Å². The first kappa shape index (κ1) is 21.5. The molecule has 2 aromatic rings. The number of carbonyl (C=O) groups excluding carboxylic acids is 2. The summed E-state index contributed by atoms with van der Waals surface area (Å²) in [4.78, 5) is 27.0. The van der Waals surface area contributed by atoms with Gasteiger partial charge < -0.3 is 14.7 Å². The molecule has 1 aliphatic heterocycles. The number of aliphatic hydroxyl groups is 1. The molecule has 1 amide bonds. The zero-order valence-corrected chi connectivity index (χ0v) is 18.0. The van der Waals surface area contributed by atoms with Crippen molar-refractivity contribution in [3.05, 3.63) is 68.2 Å². The van der Waals surface area contributed by atoms with Crippen LogP contribution in [0.3, 0.4) is 0 Å². The number of halogens is 3. The molecule has 0 bridgehead atoms. The third-order valence-corrected chi connectivity index (χ3v) is 5.76. The van der Waals surface area contributed by atoms with Crippen molar-refractivity contribution in [3.8, 4) is 5.75 Å². The average Bonchev–Trinajstić information content (AvgIpc) is 2.95. The summed E-state index contributed by atoms with van der Waals surface area (Å²) >= 11 is 18.4. The lowest BCUT2D eigenvalue weighted by Gasteiger charge is -2.25.